The van der Waals surface area contributed by atoms with E-state index in [-0.39, 0.29) is 0 Å². The minimum Gasteiger partial charge on any atom is -0.363 e. The van der Waals surface area contributed by atoms with E-state index >= 15 is 0 Å². The molecular weight excluding hydrogens is 933 g/mol. The Hall–Kier alpha value is -9.35. The zero-order valence-corrected chi connectivity index (χ0v) is 42.2. The van der Waals surface area contributed by atoms with Crippen LogP contribution in [0.1, 0.15) is 0 Å². The third-order valence-electron chi connectivity index (χ3n) is 15.5. The second kappa shape index (κ2) is 16.6. The van der Waals surface area contributed by atoms with Crippen molar-refractivity contribution in [1.82, 2.24) is 19.1 Å². The second-order valence-electron chi connectivity index (χ2n) is 19.2. The first-order chi connectivity index (χ1) is 36.7. The molecule has 0 amide bonds. The summed E-state index contributed by atoms with van der Waals surface area (Å²) in [6.07, 6.45) is 0. The molecule has 0 saturated carbocycles. The summed E-state index contributed by atoms with van der Waals surface area (Å²) in [4.78, 5) is 11.8. The molecule has 0 unspecified atom stereocenters. The van der Waals surface area contributed by atoms with Crippen molar-refractivity contribution in [3.63, 3.8) is 0 Å². The van der Waals surface area contributed by atoms with E-state index in [4.69, 9.17) is 9.97 Å². The number of hydrogen-bond donors (Lipinski definition) is 0. The smallest absolute Gasteiger partial charge is 0.320 e. The van der Waals surface area contributed by atoms with Gasteiger partial charge in [-0.3, -0.25) is 0 Å². The lowest BCUT2D eigenvalue weighted by Gasteiger charge is -2.71. The summed E-state index contributed by atoms with van der Waals surface area (Å²) >= 11 is 0. The molecule has 8 heteroatoms. The Labute approximate surface area is 430 Å². The van der Waals surface area contributed by atoms with Gasteiger partial charge < -0.3 is 17.6 Å². The maximum absolute atomic E-state index is 5.92. The average Bonchev–Trinajstić information content (AvgIpc) is 4.10. The largest absolute Gasteiger partial charge is 0.363 e. The monoisotopic (exact) mass is 978 g/mol. The maximum atomic E-state index is 5.92. The molecule has 74 heavy (non-hydrogen) atoms. The van der Waals surface area contributed by atoms with Crippen LogP contribution >= 0.6 is 0 Å². The van der Waals surface area contributed by atoms with Gasteiger partial charge in [0.1, 0.15) is 11.6 Å². The Morgan fingerprint density at radius 1 is 0.230 bits per heavy atom. The molecule has 14 aromatic rings. The van der Waals surface area contributed by atoms with E-state index in [0.717, 1.165) is 44.8 Å². The number of fused-ring (bicyclic) bond motifs is 8. The van der Waals surface area contributed by atoms with Gasteiger partial charge in [-0.2, -0.15) is 0 Å². The van der Waals surface area contributed by atoms with Crippen molar-refractivity contribution >= 4 is 115 Å². The van der Waals surface area contributed by atoms with Crippen LogP contribution in [0.3, 0.4) is 0 Å². The number of anilines is 2. The van der Waals surface area contributed by atoms with Crippen LogP contribution in [0.2, 0.25) is 0 Å². The Morgan fingerprint density at radius 3 is 0.824 bits per heavy atom. The molecule has 10 aromatic carbocycles. The highest BCUT2D eigenvalue weighted by Gasteiger charge is 2.76. The van der Waals surface area contributed by atoms with Gasteiger partial charge in [0.15, 0.2) is 0 Å². The van der Waals surface area contributed by atoms with Gasteiger partial charge >= 0.3 is 16.8 Å². The standard InChI is InChI=1S/C66H46N6Si2/c1-5-23-47(24-6-1)73(48-25-7-2-8-26-48)71(65-45-43-55-57(67-65)35-21-41-63(55)69-59-37-17-13-31-51(59)52-32-14-18-38-60(52)69)74(49-27-9-3-10-28-49,50-29-11-4-12-30-50)72(73)66-46-44-56-58(68-66)36-22-42-64(56)70-61-39-19-15-33-53(61)54-34-16-20-40-62(54)70/h1-46H. The molecule has 0 N–H and O–H groups in total. The fourth-order valence-corrected chi connectivity index (χ4v) is 27.6. The predicted octanol–water partition coefficient (Wildman–Crippen LogP) is 12.8. The number of benzene rings is 10. The summed E-state index contributed by atoms with van der Waals surface area (Å²) < 4.78 is 10.5. The Kier molecular flexibility index (Phi) is 9.50. The molecule has 1 saturated heterocycles. The highest BCUT2D eigenvalue weighted by Crippen LogP contribution is 2.46. The van der Waals surface area contributed by atoms with Crippen LogP contribution in [-0.4, -0.2) is 35.9 Å². The van der Waals surface area contributed by atoms with E-state index in [1.807, 2.05) is 0 Å². The molecule has 4 aromatic heterocycles. The van der Waals surface area contributed by atoms with Crippen molar-refractivity contribution in [2.45, 2.75) is 0 Å². The van der Waals surface area contributed by atoms with E-state index in [1.165, 1.54) is 64.4 Å². The van der Waals surface area contributed by atoms with Crippen LogP contribution in [0.15, 0.2) is 279 Å². The van der Waals surface area contributed by atoms with Gasteiger partial charge in [0.2, 0.25) is 0 Å². The number of para-hydroxylation sites is 4. The lowest BCUT2D eigenvalue weighted by atomic mass is 10.1. The lowest BCUT2D eigenvalue weighted by Crippen LogP contribution is -3.07. The van der Waals surface area contributed by atoms with Gasteiger partial charge in [-0.1, -0.05) is 206 Å². The van der Waals surface area contributed by atoms with Crippen LogP contribution in [0.4, 0.5) is 11.6 Å². The number of pyridine rings is 2. The van der Waals surface area contributed by atoms with Crippen LogP contribution in [0.5, 0.6) is 0 Å². The molecule has 0 atom stereocenters. The molecule has 1 aliphatic rings. The van der Waals surface area contributed by atoms with Crippen LogP contribution < -0.4 is 29.2 Å². The average molecular weight is 979 g/mol. The summed E-state index contributed by atoms with van der Waals surface area (Å²) in [6.45, 7) is 0. The van der Waals surface area contributed by atoms with Crippen molar-refractivity contribution in [2.24, 2.45) is 0 Å². The van der Waals surface area contributed by atoms with E-state index in [2.05, 4.69) is 297 Å². The second-order valence-corrected chi connectivity index (χ2v) is 26.9. The quantitative estimate of drug-likeness (QED) is 0.142. The highest BCUT2D eigenvalue weighted by molar-refractivity contribution is 7.38. The first-order valence-corrected chi connectivity index (χ1v) is 29.1. The molecule has 0 aliphatic carbocycles. The third kappa shape index (κ3) is 5.92. The molecule has 15 rings (SSSR count). The van der Waals surface area contributed by atoms with Gasteiger partial charge in [-0.25, -0.2) is 9.97 Å². The van der Waals surface area contributed by atoms with Gasteiger partial charge in [-0.05, 0) is 93.5 Å². The number of hydrogen-bond acceptors (Lipinski definition) is 4. The SMILES string of the molecule is c1ccc([Si]2(c3ccccc3)N(c3ccc4c(-n5c6ccccc6c6ccccc65)cccc4n3)[Si](c3ccccc3)(c3ccccc3)N2c2ccc3c(-n4c5ccccc5c5ccccc54)cccc3n2)cc1. The van der Waals surface area contributed by atoms with Crippen molar-refractivity contribution in [1.29, 1.82) is 0 Å². The zero-order chi connectivity index (χ0) is 48.8. The fourth-order valence-electron chi connectivity index (χ4n) is 12.6. The summed E-state index contributed by atoms with van der Waals surface area (Å²) in [5.41, 5.74) is 8.79. The Balaban J connectivity index is 1.02. The minimum absolute atomic E-state index is 0.940. The molecule has 6 nitrogen and oxygen atoms in total. The van der Waals surface area contributed by atoms with Crippen molar-refractivity contribution < 1.29 is 0 Å². The van der Waals surface area contributed by atoms with Gasteiger partial charge in [-0.15, -0.1) is 0 Å². The highest BCUT2D eigenvalue weighted by atomic mass is 28.5. The van der Waals surface area contributed by atoms with Gasteiger partial charge in [0.25, 0.3) is 0 Å². The molecule has 348 valence electrons. The maximum Gasteiger partial charge on any atom is 0.320 e. The Bertz CT molecular complexity index is 3980. The van der Waals surface area contributed by atoms with E-state index in [9.17, 15) is 0 Å². The third-order valence-corrected chi connectivity index (χ3v) is 27.4. The van der Waals surface area contributed by atoms with E-state index < -0.39 is 16.8 Å². The molecule has 1 fully saturated rings. The van der Waals surface area contributed by atoms with Crippen LogP contribution in [-0.2, 0) is 0 Å². The van der Waals surface area contributed by atoms with Crippen molar-refractivity contribution in [2.75, 3.05) is 8.46 Å². The molecule has 0 bridgehead atoms. The number of rotatable bonds is 8. The molecule has 0 radical (unpaired) electrons. The molecule has 0 spiro atoms. The molecule has 1 aliphatic heterocycles. The molecule has 5 heterocycles. The minimum atomic E-state index is -3.40. The van der Waals surface area contributed by atoms with Crippen LogP contribution in [0, 0.1) is 0 Å². The number of nitrogens with zero attached hydrogens (tertiary/aromatic N) is 6. The van der Waals surface area contributed by atoms with Crippen LogP contribution in [0.25, 0.3) is 76.8 Å². The number of aromatic nitrogens is 4. The van der Waals surface area contributed by atoms with Crippen molar-refractivity contribution in [3.8, 4) is 11.4 Å². The lowest BCUT2D eigenvalue weighted by molar-refractivity contribution is 1.14. The van der Waals surface area contributed by atoms with Gasteiger partial charge in [0.05, 0.1) is 44.5 Å². The van der Waals surface area contributed by atoms with E-state index in [0.29, 0.717) is 0 Å². The summed E-state index contributed by atoms with van der Waals surface area (Å²) in [5, 5.41) is 12.1. The summed E-state index contributed by atoms with van der Waals surface area (Å²) in [6, 6.07) is 102. The fraction of sp³-hybridized carbons (Fsp3) is 0. The van der Waals surface area contributed by atoms with E-state index in [1.54, 1.807) is 0 Å². The van der Waals surface area contributed by atoms with Gasteiger partial charge in [0, 0.05) is 32.3 Å². The van der Waals surface area contributed by atoms with Crippen molar-refractivity contribution in [3.05, 3.63) is 279 Å². The normalized spacial score (nSPS) is 14.1. The topological polar surface area (TPSA) is 42.1 Å². The first-order valence-electron chi connectivity index (χ1n) is 25.3. The summed E-state index contributed by atoms with van der Waals surface area (Å²) in [5.74, 6) is 1.89. The molecular formula is C66H46N6Si2. The summed E-state index contributed by atoms with van der Waals surface area (Å²) in [7, 11) is -6.79. The Morgan fingerprint density at radius 2 is 0.514 bits per heavy atom. The first kappa shape index (κ1) is 42.3. The zero-order valence-electron chi connectivity index (χ0n) is 40.2. The predicted molar refractivity (Wildman–Crippen MR) is 313 cm³/mol.